The lowest BCUT2D eigenvalue weighted by Crippen LogP contribution is -2.25. The predicted molar refractivity (Wildman–Crippen MR) is 113 cm³/mol. The summed E-state index contributed by atoms with van der Waals surface area (Å²) in [6, 6.07) is 0. The number of esters is 2. The lowest BCUT2D eigenvalue weighted by Gasteiger charge is -2.04. The van der Waals surface area contributed by atoms with Gasteiger partial charge in [0.1, 0.15) is 5.92 Å². The summed E-state index contributed by atoms with van der Waals surface area (Å²) < 4.78 is 9.21. The lowest BCUT2D eigenvalue weighted by molar-refractivity contribution is -0.136. The quantitative estimate of drug-likeness (QED) is 0.284. The fourth-order valence-electron chi connectivity index (χ4n) is 2.62. The standard InChI is InChI=1S/C23H27NO6/c1-6-17(23(28)30-5)12-15(2)10-8-7-9-11-16(3)21(26)19-13-18(24-22(19)27)14-20(25)29-4/h6-12,14,19H,13H2,1-5H3,(H,24,27)/b9-7+,10-8+,15-12+,16-11-,17-6-,18-14+. The number of ketones is 1. The van der Waals surface area contributed by atoms with Gasteiger partial charge in [0.05, 0.1) is 19.8 Å². The summed E-state index contributed by atoms with van der Waals surface area (Å²) in [4.78, 5) is 47.3. The average molecular weight is 413 g/mol. The van der Waals surface area contributed by atoms with Gasteiger partial charge in [-0.25, -0.2) is 9.59 Å². The van der Waals surface area contributed by atoms with Crippen molar-refractivity contribution in [3.63, 3.8) is 0 Å². The molecular weight excluding hydrogens is 386 g/mol. The van der Waals surface area contributed by atoms with Gasteiger partial charge in [-0.3, -0.25) is 9.59 Å². The first-order chi connectivity index (χ1) is 14.2. The number of nitrogens with one attached hydrogen (secondary N) is 1. The Morgan fingerprint density at radius 1 is 1.07 bits per heavy atom. The van der Waals surface area contributed by atoms with E-state index in [-0.39, 0.29) is 12.2 Å². The van der Waals surface area contributed by atoms with Crippen LogP contribution in [-0.4, -0.2) is 37.8 Å². The Morgan fingerprint density at radius 3 is 2.37 bits per heavy atom. The topological polar surface area (TPSA) is 98.8 Å². The van der Waals surface area contributed by atoms with Crippen LogP contribution in [0.1, 0.15) is 27.2 Å². The van der Waals surface area contributed by atoms with Crippen molar-refractivity contribution in [2.75, 3.05) is 14.2 Å². The molecule has 1 heterocycles. The number of hydrogen-bond acceptors (Lipinski definition) is 6. The molecule has 1 saturated heterocycles. The van der Waals surface area contributed by atoms with Crippen LogP contribution < -0.4 is 5.32 Å². The molecule has 7 nitrogen and oxygen atoms in total. The maximum atomic E-state index is 12.5. The van der Waals surface area contributed by atoms with Gasteiger partial charge in [0, 0.05) is 18.2 Å². The van der Waals surface area contributed by atoms with Crippen LogP contribution in [-0.2, 0) is 28.7 Å². The summed E-state index contributed by atoms with van der Waals surface area (Å²) >= 11 is 0. The van der Waals surface area contributed by atoms with Gasteiger partial charge in [0.25, 0.3) is 0 Å². The number of rotatable bonds is 8. The Labute approximate surface area is 176 Å². The van der Waals surface area contributed by atoms with Crippen LogP contribution in [0.3, 0.4) is 0 Å². The molecule has 0 radical (unpaired) electrons. The fourth-order valence-corrected chi connectivity index (χ4v) is 2.62. The van der Waals surface area contributed by atoms with Crippen LogP contribution in [0.4, 0.5) is 0 Å². The van der Waals surface area contributed by atoms with E-state index in [9.17, 15) is 19.2 Å². The number of amides is 1. The Bertz CT molecular complexity index is 883. The summed E-state index contributed by atoms with van der Waals surface area (Å²) in [5.41, 5.74) is 2.10. The SMILES string of the molecule is C/C=C(/C=C(C)/C=C/C=C/C=C(/C)C(=O)C1C/C(=C\C(=O)OC)NC1=O)C(=O)OC. The Hall–Kier alpha value is -3.48. The van der Waals surface area contributed by atoms with E-state index in [1.54, 1.807) is 50.3 Å². The van der Waals surface area contributed by atoms with Crippen molar-refractivity contribution in [2.45, 2.75) is 27.2 Å². The first-order valence-electron chi connectivity index (χ1n) is 9.31. The average Bonchev–Trinajstić information content (AvgIpc) is 3.09. The number of hydrogen-bond donors (Lipinski definition) is 1. The molecule has 0 aromatic heterocycles. The number of carbonyl (C=O) groups is 4. The molecule has 0 bridgehead atoms. The van der Waals surface area contributed by atoms with Crippen molar-refractivity contribution in [1.82, 2.24) is 5.32 Å². The van der Waals surface area contributed by atoms with Crippen molar-refractivity contribution in [3.05, 3.63) is 71.0 Å². The normalized spacial score (nSPS) is 19.5. The fraction of sp³-hybridized carbons (Fsp3) is 0.304. The van der Waals surface area contributed by atoms with E-state index in [1.807, 2.05) is 13.0 Å². The first kappa shape index (κ1) is 24.6. The highest BCUT2D eigenvalue weighted by Crippen LogP contribution is 2.22. The van der Waals surface area contributed by atoms with Gasteiger partial charge in [-0.15, -0.1) is 0 Å². The number of Topliss-reactive ketones (excluding diaryl/α,β-unsaturated/α-hetero) is 1. The minimum Gasteiger partial charge on any atom is -0.466 e. The van der Waals surface area contributed by atoms with Crippen molar-refractivity contribution in [1.29, 1.82) is 0 Å². The highest BCUT2D eigenvalue weighted by Gasteiger charge is 2.34. The van der Waals surface area contributed by atoms with Gasteiger partial charge in [-0.1, -0.05) is 42.0 Å². The largest absolute Gasteiger partial charge is 0.466 e. The van der Waals surface area contributed by atoms with E-state index in [0.29, 0.717) is 16.8 Å². The Kier molecular flexibility index (Phi) is 9.96. The minimum atomic E-state index is -0.858. The zero-order valence-electron chi connectivity index (χ0n) is 17.9. The van der Waals surface area contributed by atoms with E-state index in [0.717, 1.165) is 5.57 Å². The molecule has 30 heavy (non-hydrogen) atoms. The predicted octanol–water partition coefficient (Wildman–Crippen LogP) is 2.87. The number of ether oxygens (including phenoxy) is 2. The van der Waals surface area contributed by atoms with Gasteiger partial charge >= 0.3 is 11.9 Å². The van der Waals surface area contributed by atoms with Crippen LogP contribution in [0.25, 0.3) is 0 Å². The van der Waals surface area contributed by atoms with E-state index < -0.39 is 23.8 Å². The molecule has 1 amide bonds. The van der Waals surface area contributed by atoms with Crippen LogP contribution >= 0.6 is 0 Å². The highest BCUT2D eigenvalue weighted by atomic mass is 16.5. The van der Waals surface area contributed by atoms with Crippen molar-refractivity contribution in [3.8, 4) is 0 Å². The van der Waals surface area contributed by atoms with Crippen LogP contribution in [0.2, 0.25) is 0 Å². The molecular formula is C23H27NO6. The minimum absolute atomic E-state index is 0.138. The van der Waals surface area contributed by atoms with Gasteiger partial charge in [0.2, 0.25) is 5.91 Å². The molecule has 0 spiro atoms. The number of methoxy groups -OCH3 is 2. The summed E-state index contributed by atoms with van der Waals surface area (Å²) in [6.45, 7) is 5.23. The molecule has 1 fully saturated rings. The summed E-state index contributed by atoms with van der Waals surface area (Å²) in [7, 11) is 2.57. The van der Waals surface area contributed by atoms with Crippen LogP contribution in [0.15, 0.2) is 71.0 Å². The van der Waals surface area contributed by atoms with Gasteiger partial charge in [0.15, 0.2) is 5.78 Å². The second kappa shape index (κ2) is 12.2. The molecule has 160 valence electrons. The van der Waals surface area contributed by atoms with Crippen LogP contribution in [0, 0.1) is 5.92 Å². The molecule has 1 aliphatic heterocycles. The molecule has 0 aliphatic carbocycles. The monoisotopic (exact) mass is 413 g/mol. The second-order valence-corrected chi connectivity index (χ2v) is 6.52. The number of allylic oxidation sites excluding steroid dienone is 9. The molecule has 1 rings (SSSR count). The lowest BCUT2D eigenvalue weighted by atomic mass is 9.96. The smallest absolute Gasteiger partial charge is 0.337 e. The summed E-state index contributed by atoms with van der Waals surface area (Å²) in [5, 5.41) is 2.53. The zero-order valence-corrected chi connectivity index (χ0v) is 17.9. The van der Waals surface area contributed by atoms with Crippen LogP contribution in [0.5, 0.6) is 0 Å². The Morgan fingerprint density at radius 2 is 1.77 bits per heavy atom. The molecule has 1 N–H and O–H groups in total. The molecule has 1 unspecified atom stereocenters. The van der Waals surface area contributed by atoms with Gasteiger partial charge < -0.3 is 14.8 Å². The molecule has 1 atom stereocenters. The molecule has 0 saturated carbocycles. The first-order valence-corrected chi connectivity index (χ1v) is 9.31. The summed E-state index contributed by atoms with van der Waals surface area (Å²) in [6.07, 6.45) is 13.3. The summed E-state index contributed by atoms with van der Waals surface area (Å²) in [5.74, 6) is -2.58. The van der Waals surface area contributed by atoms with E-state index >= 15 is 0 Å². The van der Waals surface area contributed by atoms with Crippen molar-refractivity contribution in [2.24, 2.45) is 5.92 Å². The van der Waals surface area contributed by atoms with E-state index in [2.05, 4.69) is 10.1 Å². The Balaban J connectivity index is 2.73. The van der Waals surface area contributed by atoms with Crippen molar-refractivity contribution >= 4 is 23.6 Å². The maximum Gasteiger partial charge on any atom is 0.337 e. The zero-order chi connectivity index (χ0) is 22.7. The van der Waals surface area contributed by atoms with Gasteiger partial charge in [-0.05, 0) is 32.4 Å². The third kappa shape index (κ3) is 7.50. The third-order valence-corrected chi connectivity index (χ3v) is 4.27. The molecule has 0 aromatic rings. The van der Waals surface area contributed by atoms with E-state index in [4.69, 9.17) is 4.74 Å². The van der Waals surface area contributed by atoms with Gasteiger partial charge in [-0.2, -0.15) is 0 Å². The number of carbonyl (C=O) groups excluding carboxylic acids is 4. The van der Waals surface area contributed by atoms with E-state index in [1.165, 1.54) is 20.3 Å². The third-order valence-electron chi connectivity index (χ3n) is 4.27. The molecule has 7 heteroatoms. The highest BCUT2D eigenvalue weighted by molar-refractivity contribution is 6.11. The molecule has 0 aromatic carbocycles. The second-order valence-electron chi connectivity index (χ2n) is 6.52. The molecule has 1 aliphatic rings. The maximum absolute atomic E-state index is 12.5. The van der Waals surface area contributed by atoms with Crippen molar-refractivity contribution < 1.29 is 28.7 Å².